The normalized spacial score (nSPS) is 40.6. The van der Waals surface area contributed by atoms with Gasteiger partial charge in [-0.15, -0.1) is 0 Å². The third-order valence-electron chi connectivity index (χ3n) is 4.72. The van der Waals surface area contributed by atoms with Crippen LogP contribution in [0.3, 0.4) is 0 Å². The van der Waals surface area contributed by atoms with E-state index >= 15 is 0 Å². The van der Waals surface area contributed by atoms with Crippen LogP contribution in [-0.2, 0) is 4.74 Å². The van der Waals surface area contributed by atoms with Crippen LogP contribution in [0.2, 0.25) is 0 Å². The zero-order chi connectivity index (χ0) is 10.3. The SMILES string of the molecule is COC1=CC[C@]23CCCN2CCCC[C@H]13. The summed E-state index contributed by atoms with van der Waals surface area (Å²) in [6, 6.07) is 0. The molecule has 0 saturated carbocycles. The van der Waals surface area contributed by atoms with Gasteiger partial charge in [0.2, 0.25) is 0 Å². The molecule has 3 rings (SSSR count). The van der Waals surface area contributed by atoms with Gasteiger partial charge in [-0.05, 0) is 51.3 Å². The number of rotatable bonds is 1. The second kappa shape index (κ2) is 3.51. The smallest absolute Gasteiger partial charge is 0.0965 e. The van der Waals surface area contributed by atoms with Crippen molar-refractivity contribution in [3.63, 3.8) is 0 Å². The zero-order valence-corrected chi connectivity index (χ0v) is 9.67. The molecule has 0 aromatic heterocycles. The van der Waals surface area contributed by atoms with Gasteiger partial charge in [-0.25, -0.2) is 0 Å². The van der Waals surface area contributed by atoms with E-state index in [0.29, 0.717) is 11.5 Å². The molecular formula is C13H21NO. The summed E-state index contributed by atoms with van der Waals surface area (Å²) in [6.07, 6.45) is 10.5. The Kier molecular flexibility index (Phi) is 2.27. The van der Waals surface area contributed by atoms with Gasteiger partial charge in [-0.1, -0.05) is 6.42 Å². The summed E-state index contributed by atoms with van der Waals surface area (Å²) in [5, 5.41) is 0. The predicted octanol–water partition coefficient (Wildman–Crippen LogP) is 2.56. The number of hydrogen-bond acceptors (Lipinski definition) is 2. The quantitative estimate of drug-likeness (QED) is 0.655. The highest BCUT2D eigenvalue weighted by Crippen LogP contribution is 2.50. The molecular weight excluding hydrogens is 186 g/mol. The lowest BCUT2D eigenvalue weighted by Gasteiger charge is -2.39. The lowest BCUT2D eigenvalue weighted by atomic mass is 9.81. The molecule has 0 amide bonds. The molecule has 0 bridgehead atoms. The molecule has 2 nitrogen and oxygen atoms in total. The van der Waals surface area contributed by atoms with Gasteiger partial charge in [0.1, 0.15) is 0 Å². The fourth-order valence-electron chi connectivity index (χ4n) is 4.03. The van der Waals surface area contributed by atoms with Gasteiger partial charge in [0.25, 0.3) is 0 Å². The molecule has 0 aromatic carbocycles. The number of nitrogens with zero attached hydrogens (tertiary/aromatic N) is 1. The Morgan fingerprint density at radius 3 is 3.07 bits per heavy atom. The Labute approximate surface area is 92.3 Å². The number of ether oxygens (including phenoxy) is 1. The molecule has 0 N–H and O–H groups in total. The largest absolute Gasteiger partial charge is 0.501 e. The highest BCUT2D eigenvalue weighted by atomic mass is 16.5. The maximum Gasteiger partial charge on any atom is 0.0965 e. The summed E-state index contributed by atoms with van der Waals surface area (Å²) in [7, 11) is 1.84. The first kappa shape index (κ1) is 9.71. The first-order valence-electron chi connectivity index (χ1n) is 6.36. The lowest BCUT2D eigenvalue weighted by Crippen LogP contribution is -2.46. The molecule has 0 unspecified atom stereocenters. The second-order valence-electron chi connectivity index (χ2n) is 5.26. The molecule has 84 valence electrons. The van der Waals surface area contributed by atoms with Crippen molar-refractivity contribution in [3.05, 3.63) is 11.8 Å². The van der Waals surface area contributed by atoms with E-state index in [1.165, 1.54) is 57.4 Å². The Morgan fingerprint density at radius 2 is 2.20 bits per heavy atom. The first-order chi connectivity index (χ1) is 7.37. The van der Waals surface area contributed by atoms with E-state index in [1.807, 2.05) is 7.11 Å². The van der Waals surface area contributed by atoms with Crippen LogP contribution in [0, 0.1) is 5.92 Å². The summed E-state index contributed by atoms with van der Waals surface area (Å²) in [5.41, 5.74) is 0.474. The van der Waals surface area contributed by atoms with Crippen molar-refractivity contribution in [3.8, 4) is 0 Å². The molecule has 0 aromatic rings. The minimum absolute atomic E-state index is 0.474. The summed E-state index contributed by atoms with van der Waals surface area (Å²) in [6.45, 7) is 2.64. The van der Waals surface area contributed by atoms with Gasteiger partial charge in [0.15, 0.2) is 0 Å². The van der Waals surface area contributed by atoms with Crippen molar-refractivity contribution in [2.24, 2.45) is 5.92 Å². The minimum Gasteiger partial charge on any atom is -0.501 e. The molecule has 2 heterocycles. The van der Waals surface area contributed by atoms with Crippen LogP contribution in [0.4, 0.5) is 0 Å². The second-order valence-corrected chi connectivity index (χ2v) is 5.26. The maximum atomic E-state index is 5.57. The Hall–Kier alpha value is -0.500. The van der Waals surface area contributed by atoms with Gasteiger partial charge < -0.3 is 4.74 Å². The van der Waals surface area contributed by atoms with Crippen LogP contribution in [0.25, 0.3) is 0 Å². The third-order valence-corrected chi connectivity index (χ3v) is 4.72. The van der Waals surface area contributed by atoms with Crippen molar-refractivity contribution in [1.82, 2.24) is 4.90 Å². The highest BCUT2D eigenvalue weighted by molar-refractivity contribution is 5.22. The van der Waals surface area contributed by atoms with Crippen molar-refractivity contribution >= 4 is 0 Å². The standard InChI is InChI=1S/C13H21NO/c1-15-12-6-8-13-7-4-10-14(13)9-3-2-5-11(12)13/h6,11H,2-5,7-10H2,1H3/t11-,13+/m1/s1. The summed E-state index contributed by atoms with van der Waals surface area (Å²) >= 11 is 0. The van der Waals surface area contributed by atoms with Crippen molar-refractivity contribution in [2.45, 2.75) is 44.1 Å². The van der Waals surface area contributed by atoms with Crippen LogP contribution in [-0.4, -0.2) is 30.6 Å². The Balaban J connectivity index is 1.93. The molecule has 2 aliphatic heterocycles. The van der Waals surface area contributed by atoms with Crippen molar-refractivity contribution in [1.29, 1.82) is 0 Å². The van der Waals surface area contributed by atoms with E-state index in [0.717, 1.165) is 0 Å². The maximum absolute atomic E-state index is 5.57. The summed E-state index contributed by atoms with van der Waals surface area (Å²) < 4.78 is 5.57. The fraction of sp³-hybridized carbons (Fsp3) is 0.846. The first-order valence-corrected chi connectivity index (χ1v) is 6.36. The molecule has 15 heavy (non-hydrogen) atoms. The van der Waals surface area contributed by atoms with Crippen molar-refractivity contribution in [2.75, 3.05) is 20.2 Å². The zero-order valence-electron chi connectivity index (χ0n) is 9.67. The van der Waals surface area contributed by atoms with Gasteiger partial charge in [0.05, 0.1) is 12.9 Å². The van der Waals surface area contributed by atoms with Gasteiger partial charge in [-0.3, -0.25) is 4.90 Å². The Bertz CT molecular complexity index is 286. The van der Waals surface area contributed by atoms with E-state index < -0.39 is 0 Å². The predicted molar refractivity (Wildman–Crippen MR) is 60.6 cm³/mol. The average Bonchev–Trinajstić information content (AvgIpc) is 2.78. The molecule has 0 radical (unpaired) electrons. The Morgan fingerprint density at radius 1 is 1.33 bits per heavy atom. The van der Waals surface area contributed by atoms with Crippen LogP contribution >= 0.6 is 0 Å². The molecule has 1 spiro atoms. The van der Waals surface area contributed by atoms with Crippen LogP contribution in [0.15, 0.2) is 11.8 Å². The van der Waals surface area contributed by atoms with Gasteiger partial charge in [-0.2, -0.15) is 0 Å². The van der Waals surface area contributed by atoms with Crippen LogP contribution in [0.5, 0.6) is 0 Å². The summed E-state index contributed by atoms with van der Waals surface area (Å²) in [5.74, 6) is 1.98. The lowest BCUT2D eigenvalue weighted by molar-refractivity contribution is 0.0901. The topological polar surface area (TPSA) is 12.5 Å². The van der Waals surface area contributed by atoms with Gasteiger partial charge in [0, 0.05) is 11.5 Å². The highest BCUT2D eigenvalue weighted by Gasteiger charge is 2.51. The molecule has 2 saturated heterocycles. The molecule has 2 heteroatoms. The van der Waals surface area contributed by atoms with Crippen LogP contribution < -0.4 is 0 Å². The monoisotopic (exact) mass is 207 g/mol. The van der Waals surface area contributed by atoms with E-state index in [1.54, 1.807) is 0 Å². The summed E-state index contributed by atoms with van der Waals surface area (Å²) in [4.78, 5) is 2.76. The minimum atomic E-state index is 0.474. The molecule has 2 fully saturated rings. The van der Waals surface area contributed by atoms with Gasteiger partial charge >= 0.3 is 0 Å². The fourth-order valence-corrected chi connectivity index (χ4v) is 4.03. The van der Waals surface area contributed by atoms with Crippen LogP contribution in [0.1, 0.15) is 38.5 Å². The number of methoxy groups -OCH3 is 1. The van der Waals surface area contributed by atoms with E-state index in [4.69, 9.17) is 4.74 Å². The molecule has 1 aliphatic carbocycles. The van der Waals surface area contributed by atoms with Crippen molar-refractivity contribution < 1.29 is 4.74 Å². The third kappa shape index (κ3) is 1.27. The van der Waals surface area contributed by atoms with E-state index in [9.17, 15) is 0 Å². The molecule has 2 atom stereocenters. The number of hydrogen-bond donors (Lipinski definition) is 0. The van der Waals surface area contributed by atoms with E-state index in [2.05, 4.69) is 11.0 Å². The van der Waals surface area contributed by atoms with E-state index in [-0.39, 0.29) is 0 Å². The molecule has 3 aliphatic rings. The average molecular weight is 207 g/mol.